The van der Waals surface area contributed by atoms with Crippen molar-refractivity contribution in [2.75, 3.05) is 31.6 Å². The van der Waals surface area contributed by atoms with Crippen LogP contribution in [0.5, 0.6) is 0 Å². The van der Waals surface area contributed by atoms with E-state index in [1.54, 1.807) is 6.20 Å². The summed E-state index contributed by atoms with van der Waals surface area (Å²) in [5, 5.41) is 3.73. The molecule has 5 nitrogen and oxygen atoms in total. The average Bonchev–Trinajstić information content (AvgIpc) is 2.51. The van der Waals surface area contributed by atoms with Crippen LogP contribution >= 0.6 is 11.6 Å². The van der Waals surface area contributed by atoms with Gasteiger partial charge in [-0.15, -0.1) is 0 Å². The first-order valence-corrected chi connectivity index (χ1v) is 7.30. The van der Waals surface area contributed by atoms with Crippen LogP contribution in [0, 0.1) is 0 Å². The van der Waals surface area contributed by atoms with Gasteiger partial charge in [0, 0.05) is 25.3 Å². The number of benzene rings is 1. The van der Waals surface area contributed by atoms with E-state index in [1.807, 2.05) is 12.1 Å². The van der Waals surface area contributed by atoms with Gasteiger partial charge in [0.05, 0.1) is 19.4 Å². The Morgan fingerprint density at radius 1 is 1.29 bits per heavy atom. The number of hydrogen-bond donors (Lipinski definition) is 1. The fourth-order valence-corrected chi connectivity index (χ4v) is 2.46. The maximum atomic E-state index is 6.06. The highest BCUT2D eigenvalue weighted by Crippen LogP contribution is 2.22. The SMILES string of the molecule is Clc1cncnc1Nc1cccc(CN2CCOCC2)c1. The van der Waals surface area contributed by atoms with Crippen LogP contribution in [0.3, 0.4) is 0 Å². The summed E-state index contributed by atoms with van der Waals surface area (Å²) < 4.78 is 5.37. The molecular weight excluding hydrogens is 288 g/mol. The van der Waals surface area contributed by atoms with Crippen molar-refractivity contribution in [3.63, 3.8) is 0 Å². The molecule has 0 atom stereocenters. The molecule has 21 heavy (non-hydrogen) atoms. The number of nitrogens with zero attached hydrogens (tertiary/aromatic N) is 3. The number of aromatic nitrogens is 2. The first-order chi connectivity index (χ1) is 10.3. The Morgan fingerprint density at radius 2 is 2.14 bits per heavy atom. The van der Waals surface area contributed by atoms with Gasteiger partial charge in [-0.25, -0.2) is 9.97 Å². The molecule has 0 spiro atoms. The van der Waals surface area contributed by atoms with Gasteiger partial charge in [-0.05, 0) is 17.7 Å². The Morgan fingerprint density at radius 3 is 2.95 bits per heavy atom. The lowest BCUT2D eigenvalue weighted by atomic mass is 10.2. The molecule has 2 heterocycles. The van der Waals surface area contributed by atoms with Crippen molar-refractivity contribution >= 4 is 23.1 Å². The van der Waals surface area contributed by atoms with Gasteiger partial charge in [0.15, 0.2) is 5.82 Å². The zero-order valence-electron chi connectivity index (χ0n) is 11.6. The lowest BCUT2D eigenvalue weighted by molar-refractivity contribution is 0.0342. The molecule has 6 heteroatoms. The van der Waals surface area contributed by atoms with Gasteiger partial charge in [-0.3, -0.25) is 4.90 Å². The van der Waals surface area contributed by atoms with E-state index in [1.165, 1.54) is 11.9 Å². The second-order valence-electron chi connectivity index (χ2n) is 4.93. The summed E-state index contributed by atoms with van der Waals surface area (Å²) in [6.45, 7) is 4.52. The molecule has 110 valence electrons. The van der Waals surface area contributed by atoms with Crippen LogP contribution in [0.25, 0.3) is 0 Å². The van der Waals surface area contributed by atoms with Crippen LogP contribution in [-0.2, 0) is 11.3 Å². The van der Waals surface area contributed by atoms with Crippen LogP contribution in [0.1, 0.15) is 5.56 Å². The highest BCUT2D eigenvalue weighted by atomic mass is 35.5. The smallest absolute Gasteiger partial charge is 0.152 e. The normalized spacial score (nSPS) is 15.9. The number of hydrogen-bond acceptors (Lipinski definition) is 5. The molecule has 0 aliphatic carbocycles. The Hall–Kier alpha value is -1.69. The zero-order chi connectivity index (χ0) is 14.5. The van der Waals surface area contributed by atoms with Crippen LogP contribution in [0.4, 0.5) is 11.5 Å². The summed E-state index contributed by atoms with van der Waals surface area (Å²) in [5.74, 6) is 0.621. The molecule has 1 aliphatic rings. The number of nitrogens with one attached hydrogen (secondary N) is 1. The van der Waals surface area contributed by atoms with E-state index in [0.717, 1.165) is 38.5 Å². The Bertz CT molecular complexity index is 602. The summed E-state index contributed by atoms with van der Waals surface area (Å²) in [6, 6.07) is 8.28. The van der Waals surface area contributed by atoms with E-state index in [4.69, 9.17) is 16.3 Å². The van der Waals surface area contributed by atoms with Gasteiger partial charge < -0.3 is 10.1 Å². The monoisotopic (exact) mass is 304 g/mol. The van der Waals surface area contributed by atoms with E-state index in [9.17, 15) is 0 Å². The lowest BCUT2D eigenvalue weighted by Gasteiger charge is -2.26. The third kappa shape index (κ3) is 3.91. The predicted octanol–water partition coefficient (Wildman–Crippen LogP) is 2.71. The number of morpholine rings is 1. The molecule has 0 saturated carbocycles. The zero-order valence-corrected chi connectivity index (χ0v) is 12.4. The van der Waals surface area contributed by atoms with Gasteiger partial charge in [0.1, 0.15) is 11.3 Å². The largest absolute Gasteiger partial charge is 0.379 e. The van der Waals surface area contributed by atoms with Crippen molar-refractivity contribution in [1.29, 1.82) is 0 Å². The predicted molar refractivity (Wildman–Crippen MR) is 82.9 cm³/mol. The molecule has 0 unspecified atom stereocenters. The van der Waals surface area contributed by atoms with Gasteiger partial charge in [-0.1, -0.05) is 23.7 Å². The number of halogens is 1. The summed E-state index contributed by atoms with van der Waals surface area (Å²) in [7, 11) is 0. The standard InChI is InChI=1S/C15H17ClN4O/c16-14-9-17-11-18-15(14)19-13-3-1-2-12(8-13)10-20-4-6-21-7-5-20/h1-3,8-9,11H,4-7,10H2,(H,17,18,19). The molecule has 1 fully saturated rings. The molecule has 1 saturated heterocycles. The quantitative estimate of drug-likeness (QED) is 0.941. The lowest BCUT2D eigenvalue weighted by Crippen LogP contribution is -2.35. The minimum absolute atomic E-state index is 0.510. The van der Waals surface area contributed by atoms with Crippen LogP contribution in [0.15, 0.2) is 36.8 Å². The summed E-state index contributed by atoms with van der Waals surface area (Å²) in [5.41, 5.74) is 2.23. The average molecular weight is 305 g/mol. The number of rotatable bonds is 4. The third-order valence-corrected chi connectivity index (χ3v) is 3.64. The molecule has 1 N–H and O–H groups in total. The van der Waals surface area contributed by atoms with E-state index in [-0.39, 0.29) is 0 Å². The molecule has 0 amide bonds. The molecule has 0 bridgehead atoms. The van der Waals surface area contributed by atoms with Gasteiger partial charge in [-0.2, -0.15) is 0 Å². The fraction of sp³-hybridized carbons (Fsp3) is 0.333. The van der Waals surface area contributed by atoms with E-state index in [2.05, 4.69) is 32.3 Å². The molecule has 1 aromatic carbocycles. The Kier molecular flexibility index (Phi) is 4.65. The molecule has 1 aromatic heterocycles. The first-order valence-electron chi connectivity index (χ1n) is 6.93. The van der Waals surface area contributed by atoms with Crippen molar-refractivity contribution < 1.29 is 4.74 Å². The highest BCUT2D eigenvalue weighted by molar-refractivity contribution is 6.32. The van der Waals surface area contributed by atoms with Crippen molar-refractivity contribution in [2.24, 2.45) is 0 Å². The molecule has 2 aromatic rings. The second kappa shape index (κ2) is 6.85. The number of ether oxygens (including phenoxy) is 1. The Balaban J connectivity index is 1.69. The number of anilines is 2. The summed E-state index contributed by atoms with van der Waals surface area (Å²) in [4.78, 5) is 10.4. The van der Waals surface area contributed by atoms with E-state index < -0.39 is 0 Å². The fourth-order valence-electron chi connectivity index (χ4n) is 2.31. The van der Waals surface area contributed by atoms with Gasteiger partial charge >= 0.3 is 0 Å². The minimum atomic E-state index is 0.510. The highest BCUT2D eigenvalue weighted by Gasteiger charge is 2.11. The van der Waals surface area contributed by atoms with Crippen LogP contribution in [-0.4, -0.2) is 41.2 Å². The maximum Gasteiger partial charge on any atom is 0.152 e. The Labute approximate surface area is 128 Å². The minimum Gasteiger partial charge on any atom is -0.379 e. The first kappa shape index (κ1) is 14.3. The molecule has 1 aliphatic heterocycles. The van der Waals surface area contributed by atoms with Crippen molar-refractivity contribution in [3.8, 4) is 0 Å². The summed E-state index contributed by atoms with van der Waals surface area (Å²) in [6.07, 6.45) is 3.06. The van der Waals surface area contributed by atoms with E-state index in [0.29, 0.717) is 10.8 Å². The summed E-state index contributed by atoms with van der Waals surface area (Å²) >= 11 is 6.06. The van der Waals surface area contributed by atoms with Crippen molar-refractivity contribution in [2.45, 2.75) is 6.54 Å². The van der Waals surface area contributed by atoms with Crippen LogP contribution in [0.2, 0.25) is 5.02 Å². The van der Waals surface area contributed by atoms with Crippen molar-refractivity contribution in [1.82, 2.24) is 14.9 Å². The van der Waals surface area contributed by atoms with Crippen molar-refractivity contribution in [3.05, 3.63) is 47.4 Å². The molecule has 3 rings (SSSR count). The van der Waals surface area contributed by atoms with Gasteiger partial charge in [0.25, 0.3) is 0 Å². The third-order valence-electron chi connectivity index (χ3n) is 3.37. The topological polar surface area (TPSA) is 50.3 Å². The van der Waals surface area contributed by atoms with Crippen LogP contribution < -0.4 is 5.32 Å². The molecule has 0 radical (unpaired) electrons. The maximum absolute atomic E-state index is 6.06. The molecular formula is C15H17ClN4O. The van der Waals surface area contributed by atoms with E-state index >= 15 is 0 Å². The van der Waals surface area contributed by atoms with Gasteiger partial charge in [0.2, 0.25) is 0 Å². The second-order valence-corrected chi connectivity index (χ2v) is 5.34.